The normalized spacial score (nSPS) is 12.2. The molecule has 2 aromatic heterocycles. The Kier molecular flexibility index (Phi) is 7.66. The van der Waals surface area contributed by atoms with E-state index < -0.39 is 14.3 Å². The topological polar surface area (TPSA) is 60.4 Å². The van der Waals surface area contributed by atoms with Crippen molar-refractivity contribution in [3.8, 4) is 11.1 Å². The van der Waals surface area contributed by atoms with E-state index in [4.69, 9.17) is 8.83 Å². The maximum absolute atomic E-state index is 16.5. The van der Waals surface area contributed by atoms with E-state index in [1.807, 2.05) is 170 Å². The van der Waals surface area contributed by atoms with E-state index in [1.165, 1.54) is 0 Å². The van der Waals surface area contributed by atoms with Gasteiger partial charge in [-0.1, -0.05) is 182 Å². The second-order valence-electron chi connectivity index (χ2n) is 13.4. The summed E-state index contributed by atoms with van der Waals surface area (Å²) in [5.41, 5.74) is 3.04. The maximum atomic E-state index is 16.5. The van der Waals surface area contributed by atoms with Crippen LogP contribution in [0.3, 0.4) is 0 Å². The van der Waals surface area contributed by atoms with E-state index in [0.29, 0.717) is 54.5 Å². The molecule has 0 aliphatic carbocycles. The maximum Gasteiger partial charge on any atom is 0.205 e. The van der Waals surface area contributed by atoms with Gasteiger partial charge in [0.15, 0.2) is 11.0 Å². The molecule has 8 aromatic carbocycles. The number of rotatable bonds is 7. The highest BCUT2D eigenvalue weighted by molar-refractivity contribution is 7.86. The third-order valence-corrected chi connectivity index (χ3v) is 16.3. The smallest absolute Gasteiger partial charge is 0.205 e. The van der Waals surface area contributed by atoms with Crippen LogP contribution in [0.4, 0.5) is 0 Å². The van der Waals surface area contributed by atoms with E-state index in [1.54, 1.807) is 0 Å². The van der Waals surface area contributed by atoms with Crippen molar-refractivity contribution in [1.29, 1.82) is 0 Å². The lowest BCUT2D eigenvalue weighted by Crippen LogP contribution is -2.28. The van der Waals surface area contributed by atoms with Gasteiger partial charge in [-0.3, -0.25) is 0 Å². The molecule has 0 atom stereocenters. The van der Waals surface area contributed by atoms with Crippen LogP contribution < -0.4 is 32.2 Å². The van der Waals surface area contributed by atoms with Gasteiger partial charge in [0, 0.05) is 43.1 Å². The van der Waals surface area contributed by atoms with Crippen LogP contribution in [0.2, 0.25) is 0 Å². The average Bonchev–Trinajstić information content (AvgIpc) is 3.84. The van der Waals surface area contributed by atoms with E-state index in [0.717, 1.165) is 32.3 Å². The molecule has 0 saturated heterocycles. The van der Waals surface area contributed by atoms with Crippen LogP contribution in [-0.2, 0) is 9.13 Å². The van der Waals surface area contributed by atoms with Crippen molar-refractivity contribution in [3.63, 3.8) is 0 Å². The quantitative estimate of drug-likeness (QED) is 0.153. The Hall–Kier alpha value is -6.18. The second-order valence-corrected chi connectivity index (χ2v) is 18.8. The molecule has 0 N–H and O–H groups in total. The monoisotopic (exact) mass is 734 g/mol. The van der Waals surface area contributed by atoms with Crippen LogP contribution in [0.1, 0.15) is 0 Å². The summed E-state index contributed by atoms with van der Waals surface area (Å²) in [4.78, 5) is 0. The Bertz CT molecular complexity index is 2800. The predicted octanol–water partition coefficient (Wildman–Crippen LogP) is 10.4. The molecule has 0 bridgehead atoms. The van der Waals surface area contributed by atoms with Crippen molar-refractivity contribution in [1.82, 2.24) is 0 Å². The van der Waals surface area contributed by atoms with E-state index >= 15 is 9.13 Å². The molecule has 0 aliphatic heterocycles. The molecule has 4 nitrogen and oxygen atoms in total. The van der Waals surface area contributed by atoms with Crippen LogP contribution in [-0.4, -0.2) is 0 Å². The third-order valence-electron chi connectivity index (χ3n) is 10.4. The molecule has 0 radical (unpaired) electrons. The molecule has 6 heteroatoms. The molecular weight excluding hydrogens is 702 g/mol. The highest BCUT2D eigenvalue weighted by Crippen LogP contribution is 2.54. The van der Waals surface area contributed by atoms with Crippen LogP contribution >= 0.6 is 14.3 Å². The molecule has 0 unspecified atom stereocenters. The number of furan rings is 2. The van der Waals surface area contributed by atoms with Crippen LogP contribution in [0.25, 0.3) is 54.6 Å². The fourth-order valence-corrected chi connectivity index (χ4v) is 13.4. The summed E-state index contributed by atoms with van der Waals surface area (Å²) in [5.74, 6) is 0. The highest BCUT2D eigenvalue weighted by Gasteiger charge is 2.43. The first-order chi connectivity index (χ1) is 26.6. The lowest BCUT2D eigenvalue weighted by Gasteiger charge is -2.21. The van der Waals surface area contributed by atoms with Gasteiger partial charge in [0.1, 0.15) is 11.2 Å². The molecule has 54 heavy (non-hydrogen) atoms. The van der Waals surface area contributed by atoms with Crippen molar-refractivity contribution < 1.29 is 18.0 Å². The minimum atomic E-state index is -3.76. The summed E-state index contributed by atoms with van der Waals surface area (Å²) in [6, 6.07) is 62.6. The van der Waals surface area contributed by atoms with Gasteiger partial charge < -0.3 is 18.0 Å². The van der Waals surface area contributed by atoms with Crippen LogP contribution in [0, 0.1) is 0 Å². The Morgan fingerprint density at radius 1 is 0.315 bits per heavy atom. The molecule has 0 spiro atoms. The molecule has 0 amide bonds. The first-order valence-corrected chi connectivity index (χ1v) is 21.3. The minimum absolute atomic E-state index is 0.316. The summed E-state index contributed by atoms with van der Waals surface area (Å²) < 4.78 is 47.2. The van der Waals surface area contributed by atoms with Crippen molar-refractivity contribution in [2.75, 3.05) is 0 Å². The molecule has 2 heterocycles. The number of hydrogen-bond acceptors (Lipinski definition) is 4. The summed E-state index contributed by atoms with van der Waals surface area (Å²) >= 11 is 0. The lowest BCUT2D eigenvalue weighted by atomic mass is 9.96. The summed E-state index contributed by atoms with van der Waals surface area (Å²) in [6.07, 6.45) is 0. The van der Waals surface area contributed by atoms with E-state index in [-0.39, 0.29) is 0 Å². The van der Waals surface area contributed by atoms with Gasteiger partial charge in [-0.05, 0) is 33.7 Å². The van der Waals surface area contributed by atoms with Gasteiger partial charge in [0.05, 0.1) is 0 Å². The summed E-state index contributed by atoms with van der Waals surface area (Å²) in [5, 5.41) is 7.99. The van der Waals surface area contributed by atoms with Gasteiger partial charge in [0.2, 0.25) is 14.3 Å². The second kappa shape index (κ2) is 12.7. The Morgan fingerprint density at radius 2 is 0.611 bits per heavy atom. The molecule has 0 fully saturated rings. The Labute approximate surface area is 312 Å². The summed E-state index contributed by atoms with van der Waals surface area (Å²) in [6.45, 7) is 0. The first-order valence-electron chi connectivity index (χ1n) is 17.9. The first kappa shape index (κ1) is 32.5. The Morgan fingerprint density at radius 3 is 0.944 bits per heavy atom. The van der Waals surface area contributed by atoms with E-state index in [2.05, 4.69) is 24.3 Å². The number of hydrogen-bond donors (Lipinski definition) is 0. The van der Waals surface area contributed by atoms with Gasteiger partial charge in [-0.15, -0.1) is 0 Å². The van der Waals surface area contributed by atoms with Crippen molar-refractivity contribution >= 4 is 90.0 Å². The SMILES string of the molecule is O=P(c1ccccc1)(c1ccccc1)c1oc2ccc3ccccc3c2c1-c1c(P(=O)(c2ccccc2)c2ccccc2)oc2ccc3ccccc3c12. The average molecular weight is 735 g/mol. The van der Waals surface area contributed by atoms with Crippen molar-refractivity contribution in [2.45, 2.75) is 0 Å². The molecule has 10 rings (SSSR count). The highest BCUT2D eigenvalue weighted by atomic mass is 31.2. The lowest BCUT2D eigenvalue weighted by molar-refractivity contribution is 0.579. The Balaban J connectivity index is 1.48. The summed E-state index contributed by atoms with van der Waals surface area (Å²) in [7, 11) is -7.52. The van der Waals surface area contributed by atoms with Gasteiger partial charge >= 0.3 is 0 Å². The largest absolute Gasteiger partial charge is 0.452 e. The van der Waals surface area contributed by atoms with Gasteiger partial charge in [-0.25, -0.2) is 0 Å². The third kappa shape index (κ3) is 4.85. The van der Waals surface area contributed by atoms with Crippen LogP contribution in [0.5, 0.6) is 0 Å². The minimum Gasteiger partial charge on any atom is -0.452 e. The van der Waals surface area contributed by atoms with Crippen molar-refractivity contribution in [3.05, 3.63) is 194 Å². The fourth-order valence-electron chi connectivity index (χ4n) is 7.94. The van der Waals surface area contributed by atoms with Crippen LogP contribution in [0.15, 0.2) is 203 Å². The zero-order valence-corrected chi connectivity index (χ0v) is 30.8. The number of fused-ring (bicyclic) bond motifs is 6. The molecule has 0 aliphatic rings. The van der Waals surface area contributed by atoms with Gasteiger partial charge in [-0.2, -0.15) is 0 Å². The molecular formula is C48H32O4P2. The number of benzene rings is 8. The zero-order valence-electron chi connectivity index (χ0n) is 29.0. The fraction of sp³-hybridized carbons (Fsp3) is 0. The standard InChI is InChI=1S/C48H32O4P2/c49-53(35-19-5-1-6-20-35,36-21-7-2-8-22-36)47-45(43-39-27-15-13-17-33(39)29-31-41(43)51-47)46-44-40-28-16-14-18-34(40)30-32-42(44)52-48(46)54(50,37-23-9-3-10-24-37)38-25-11-4-12-26-38/h1-32H. The molecule has 258 valence electrons. The zero-order chi connectivity index (χ0) is 36.3. The predicted molar refractivity (Wildman–Crippen MR) is 225 cm³/mol. The van der Waals surface area contributed by atoms with Gasteiger partial charge in [0.25, 0.3) is 0 Å². The molecule has 0 saturated carbocycles. The molecule has 10 aromatic rings. The van der Waals surface area contributed by atoms with E-state index in [9.17, 15) is 0 Å². The van der Waals surface area contributed by atoms with Crippen molar-refractivity contribution in [2.24, 2.45) is 0 Å².